The van der Waals surface area contributed by atoms with Crippen LogP contribution in [-0.2, 0) is 16.1 Å². The number of aromatic amines is 1. The molecule has 0 aliphatic heterocycles. The Labute approximate surface area is 130 Å². The Bertz CT molecular complexity index is 582. The van der Waals surface area contributed by atoms with Gasteiger partial charge in [-0.3, -0.25) is 9.59 Å². The van der Waals surface area contributed by atoms with Gasteiger partial charge < -0.3 is 10.1 Å². The van der Waals surface area contributed by atoms with Gasteiger partial charge in [-0.25, -0.2) is 5.10 Å². The zero-order valence-corrected chi connectivity index (χ0v) is 13.6. The normalized spacial score (nSPS) is 21.6. The van der Waals surface area contributed by atoms with Crippen molar-refractivity contribution in [1.82, 2.24) is 15.5 Å². The highest BCUT2D eigenvalue weighted by Crippen LogP contribution is 2.25. The van der Waals surface area contributed by atoms with E-state index in [2.05, 4.69) is 22.4 Å². The Balaban J connectivity index is 1.81. The van der Waals surface area contributed by atoms with Crippen molar-refractivity contribution in [3.63, 3.8) is 0 Å². The van der Waals surface area contributed by atoms with Crippen molar-refractivity contribution in [2.24, 2.45) is 5.92 Å². The van der Waals surface area contributed by atoms with Gasteiger partial charge in [-0.05, 0) is 38.2 Å². The van der Waals surface area contributed by atoms with E-state index in [4.69, 9.17) is 4.74 Å². The molecule has 1 saturated carbocycles. The zero-order chi connectivity index (χ0) is 16.1. The molecule has 2 rings (SSSR count). The molecule has 6 heteroatoms. The van der Waals surface area contributed by atoms with Crippen LogP contribution in [0.3, 0.4) is 0 Å². The fraction of sp³-hybridized carbons (Fsp3) is 0.688. The molecule has 1 amide bonds. The molecule has 1 aliphatic carbocycles. The topological polar surface area (TPSA) is 84.1 Å². The van der Waals surface area contributed by atoms with E-state index in [1.54, 1.807) is 0 Å². The predicted molar refractivity (Wildman–Crippen MR) is 83.6 cm³/mol. The van der Waals surface area contributed by atoms with Gasteiger partial charge in [-0.1, -0.05) is 19.8 Å². The van der Waals surface area contributed by atoms with E-state index in [1.165, 1.54) is 6.42 Å². The second-order valence-corrected chi connectivity index (χ2v) is 6.22. The number of nitrogens with one attached hydrogen (secondary N) is 2. The van der Waals surface area contributed by atoms with Crippen LogP contribution in [0.15, 0.2) is 4.79 Å². The van der Waals surface area contributed by atoms with Crippen molar-refractivity contribution >= 4 is 5.91 Å². The van der Waals surface area contributed by atoms with Crippen LogP contribution in [0.5, 0.6) is 0 Å². The first kappa shape index (κ1) is 16.7. The van der Waals surface area contributed by atoms with Crippen molar-refractivity contribution in [3.05, 3.63) is 27.2 Å². The maximum Gasteiger partial charge on any atom is 0.269 e. The van der Waals surface area contributed by atoms with E-state index < -0.39 is 0 Å². The molecule has 0 bridgehead atoms. The molecular weight excluding hydrogens is 282 g/mol. The summed E-state index contributed by atoms with van der Waals surface area (Å²) >= 11 is 0. The van der Waals surface area contributed by atoms with E-state index in [1.807, 2.05) is 13.8 Å². The molecule has 0 spiro atoms. The Morgan fingerprint density at radius 2 is 2.18 bits per heavy atom. The standard InChI is InChI=1S/C16H25N3O3/c1-10-5-4-6-13(7-10)22-9-15(20)17-8-14-11(2)12(3)18-19-16(14)21/h10,13H,4-9H2,1-3H3,(H,17,20)(H,19,21). The third-order valence-corrected chi connectivity index (χ3v) is 4.40. The molecule has 0 saturated heterocycles. The third-order valence-electron chi connectivity index (χ3n) is 4.40. The largest absolute Gasteiger partial charge is 0.368 e. The smallest absolute Gasteiger partial charge is 0.269 e. The van der Waals surface area contributed by atoms with Gasteiger partial charge in [-0.2, -0.15) is 5.10 Å². The highest BCUT2D eigenvalue weighted by atomic mass is 16.5. The molecule has 0 aromatic carbocycles. The molecule has 22 heavy (non-hydrogen) atoms. The van der Waals surface area contributed by atoms with Crippen LogP contribution in [-0.4, -0.2) is 28.8 Å². The molecule has 2 N–H and O–H groups in total. The Hall–Kier alpha value is -1.69. The first-order valence-corrected chi connectivity index (χ1v) is 7.90. The van der Waals surface area contributed by atoms with E-state index in [-0.39, 0.29) is 30.7 Å². The second kappa shape index (κ2) is 7.54. The monoisotopic (exact) mass is 307 g/mol. The molecule has 2 unspecified atom stereocenters. The lowest BCUT2D eigenvalue weighted by atomic mass is 9.89. The summed E-state index contributed by atoms with van der Waals surface area (Å²) < 4.78 is 5.68. The fourth-order valence-electron chi connectivity index (χ4n) is 2.85. The maximum atomic E-state index is 11.9. The molecule has 1 heterocycles. The molecule has 1 fully saturated rings. The number of carbonyl (C=O) groups is 1. The van der Waals surface area contributed by atoms with Gasteiger partial charge in [-0.15, -0.1) is 0 Å². The molecule has 1 aromatic heterocycles. The quantitative estimate of drug-likeness (QED) is 0.865. The highest BCUT2D eigenvalue weighted by Gasteiger charge is 2.20. The number of rotatable bonds is 5. The number of aryl methyl sites for hydroxylation is 1. The van der Waals surface area contributed by atoms with Crippen LogP contribution in [0.4, 0.5) is 0 Å². The maximum absolute atomic E-state index is 11.9. The summed E-state index contributed by atoms with van der Waals surface area (Å²) in [6.07, 6.45) is 4.64. The fourth-order valence-corrected chi connectivity index (χ4v) is 2.85. The van der Waals surface area contributed by atoms with Gasteiger partial charge in [0, 0.05) is 12.1 Å². The molecule has 0 radical (unpaired) electrons. The average Bonchev–Trinajstić information content (AvgIpc) is 2.49. The number of carbonyl (C=O) groups excluding carboxylic acids is 1. The van der Waals surface area contributed by atoms with Crippen molar-refractivity contribution in [3.8, 4) is 0 Å². The second-order valence-electron chi connectivity index (χ2n) is 6.22. The zero-order valence-electron chi connectivity index (χ0n) is 13.6. The molecule has 122 valence electrons. The average molecular weight is 307 g/mol. The number of hydrogen-bond acceptors (Lipinski definition) is 4. The number of nitrogens with zero attached hydrogens (tertiary/aromatic N) is 1. The Morgan fingerprint density at radius 3 is 2.91 bits per heavy atom. The summed E-state index contributed by atoms with van der Waals surface area (Å²) in [7, 11) is 0. The summed E-state index contributed by atoms with van der Waals surface area (Å²) in [6.45, 7) is 6.13. The molecule has 6 nitrogen and oxygen atoms in total. The van der Waals surface area contributed by atoms with Crippen LogP contribution in [0, 0.1) is 19.8 Å². The summed E-state index contributed by atoms with van der Waals surface area (Å²) in [5, 5.41) is 9.08. The minimum absolute atomic E-state index is 0.0540. The number of H-pyrrole nitrogens is 1. The summed E-state index contributed by atoms with van der Waals surface area (Å²) in [4.78, 5) is 23.6. The van der Waals surface area contributed by atoms with Gasteiger partial charge in [0.15, 0.2) is 0 Å². The Morgan fingerprint density at radius 1 is 1.41 bits per heavy atom. The Kier molecular flexibility index (Phi) is 5.71. The number of ether oxygens (including phenoxy) is 1. The molecule has 2 atom stereocenters. The van der Waals surface area contributed by atoms with E-state index in [0.29, 0.717) is 11.5 Å². The number of aromatic nitrogens is 2. The predicted octanol–water partition coefficient (Wildman–Crippen LogP) is 1.60. The summed E-state index contributed by atoms with van der Waals surface area (Å²) in [6, 6.07) is 0. The van der Waals surface area contributed by atoms with Gasteiger partial charge in [0.1, 0.15) is 6.61 Å². The SMILES string of the molecule is Cc1n[nH]c(=O)c(CNC(=O)COC2CCCC(C)C2)c1C. The van der Waals surface area contributed by atoms with Gasteiger partial charge in [0.05, 0.1) is 11.8 Å². The molecule has 1 aliphatic rings. The highest BCUT2D eigenvalue weighted by molar-refractivity contribution is 5.77. The van der Waals surface area contributed by atoms with Crippen molar-refractivity contribution in [2.45, 2.75) is 59.1 Å². The van der Waals surface area contributed by atoms with Gasteiger partial charge in [0.25, 0.3) is 5.56 Å². The van der Waals surface area contributed by atoms with Crippen LogP contribution < -0.4 is 10.9 Å². The van der Waals surface area contributed by atoms with Crippen LogP contribution in [0.25, 0.3) is 0 Å². The van der Waals surface area contributed by atoms with E-state index in [9.17, 15) is 9.59 Å². The molecular formula is C16H25N3O3. The summed E-state index contributed by atoms with van der Waals surface area (Å²) in [5.41, 5.74) is 1.86. The third kappa shape index (κ3) is 4.40. The first-order chi connectivity index (χ1) is 10.5. The first-order valence-electron chi connectivity index (χ1n) is 7.90. The minimum atomic E-state index is -0.259. The lowest BCUT2D eigenvalue weighted by Gasteiger charge is -2.26. The van der Waals surface area contributed by atoms with Crippen LogP contribution in [0.2, 0.25) is 0 Å². The molecule has 1 aromatic rings. The van der Waals surface area contributed by atoms with Crippen molar-refractivity contribution in [2.75, 3.05) is 6.61 Å². The van der Waals surface area contributed by atoms with Crippen molar-refractivity contribution in [1.29, 1.82) is 0 Å². The lowest BCUT2D eigenvalue weighted by Crippen LogP contribution is -2.33. The minimum Gasteiger partial charge on any atom is -0.368 e. The summed E-state index contributed by atoms with van der Waals surface area (Å²) in [5.74, 6) is 0.481. The number of hydrogen-bond donors (Lipinski definition) is 2. The van der Waals surface area contributed by atoms with E-state index >= 15 is 0 Å². The van der Waals surface area contributed by atoms with Crippen molar-refractivity contribution < 1.29 is 9.53 Å². The van der Waals surface area contributed by atoms with Crippen LogP contribution >= 0.6 is 0 Å². The van der Waals surface area contributed by atoms with Crippen LogP contribution in [0.1, 0.15) is 49.4 Å². The van der Waals surface area contributed by atoms with Gasteiger partial charge in [0.2, 0.25) is 5.91 Å². The lowest BCUT2D eigenvalue weighted by molar-refractivity contribution is -0.128. The number of amides is 1. The van der Waals surface area contributed by atoms with Gasteiger partial charge >= 0.3 is 0 Å². The van der Waals surface area contributed by atoms with E-state index in [0.717, 1.165) is 30.5 Å².